The summed E-state index contributed by atoms with van der Waals surface area (Å²) < 4.78 is 81.7. The van der Waals surface area contributed by atoms with Gasteiger partial charge in [-0.05, 0) is 66.7 Å². The van der Waals surface area contributed by atoms with Crippen LogP contribution < -0.4 is 9.64 Å². The van der Waals surface area contributed by atoms with Crippen molar-refractivity contribution in [1.82, 2.24) is 4.90 Å². The van der Waals surface area contributed by atoms with Crippen molar-refractivity contribution in [3.63, 3.8) is 0 Å². The first-order chi connectivity index (χ1) is 16.9. The summed E-state index contributed by atoms with van der Waals surface area (Å²) >= 11 is 0. The first kappa shape index (κ1) is 25.5. The van der Waals surface area contributed by atoms with Crippen LogP contribution in [0.15, 0.2) is 71.6 Å². The van der Waals surface area contributed by atoms with Crippen molar-refractivity contribution in [1.29, 1.82) is 0 Å². The van der Waals surface area contributed by atoms with E-state index in [0.29, 0.717) is 18.8 Å². The molecule has 1 amide bonds. The molecule has 4 rings (SSSR count). The number of sulfone groups is 1. The van der Waals surface area contributed by atoms with Gasteiger partial charge in [-0.25, -0.2) is 12.8 Å². The Balaban J connectivity index is 1.53. The maximum atomic E-state index is 13.4. The number of nitrogens with zero attached hydrogens (tertiary/aromatic N) is 2. The standard InChI is InChI=1S/C25H22F4N2O4S/c1-36(33,34)21-10-11-23(35-20-8-4-18(26)5-9-20)22(16-21)24(32)31-14-12-30(13-15-31)19-6-2-17(3-7-19)25(27,28)29/h2-11,16H,12-15H2,1H3. The molecule has 6 nitrogen and oxygen atoms in total. The number of benzene rings is 3. The van der Waals surface area contributed by atoms with Gasteiger partial charge in [-0.2, -0.15) is 13.2 Å². The van der Waals surface area contributed by atoms with Crippen LogP contribution >= 0.6 is 0 Å². The summed E-state index contributed by atoms with van der Waals surface area (Å²) in [6, 6.07) is 13.9. The highest BCUT2D eigenvalue weighted by molar-refractivity contribution is 7.90. The lowest BCUT2D eigenvalue weighted by atomic mass is 10.1. The molecule has 1 heterocycles. The van der Waals surface area contributed by atoms with Gasteiger partial charge < -0.3 is 14.5 Å². The summed E-state index contributed by atoms with van der Waals surface area (Å²) in [7, 11) is -3.61. The van der Waals surface area contributed by atoms with Gasteiger partial charge in [-0.15, -0.1) is 0 Å². The minimum Gasteiger partial charge on any atom is -0.457 e. The van der Waals surface area contributed by atoms with Gasteiger partial charge in [-0.1, -0.05) is 0 Å². The van der Waals surface area contributed by atoms with Crippen LogP contribution in [0.25, 0.3) is 0 Å². The van der Waals surface area contributed by atoms with Crippen molar-refractivity contribution >= 4 is 21.4 Å². The van der Waals surface area contributed by atoms with E-state index in [4.69, 9.17) is 4.74 Å². The third-order valence-electron chi connectivity index (χ3n) is 5.78. The Morgan fingerprint density at radius 2 is 1.50 bits per heavy atom. The third-order valence-corrected chi connectivity index (χ3v) is 6.89. The summed E-state index contributed by atoms with van der Waals surface area (Å²) in [5.41, 5.74) is -0.0979. The second-order valence-corrected chi connectivity index (χ2v) is 10.3. The van der Waals surface area contributed by atoms with Crippen LogP contribution in [0, 0.1) is 5.82 Å². The van der Waals surface area contributed by atoms with E-state index in [9.17, 15) is 30.8 Å². The quantitative estimate of drug-likeness (QED) is 0.441. The molecule has 1 fully saturated rings. The molecule has 3 aromatic carbocycles. The highest BCUT2D eigenvalue weighted by Gasteiger charge is 2.31. The minimum absolute atomic E-state index is 0.0326. The molecule has 0 saturated carbocycles. The average Bonchev–Trinajstić information content (AvgIpc) is 2.84. The second kappa shape index (κ2) is 9.81. The lowest BCUT2D eigenvalue weighted by Gasteiger charge is -2.36. The lowest BCUT2D eigenvalue weighted by Crippen LogP contribution is -2.48. The lowest BCUT2D eigenvalue weighted by molar-refractivity contribution is -0.137. The Bertz CT molecular complexity index is 1350. The fraction of sp³-hybridized carbons (Fsp3) is 0.240. The van der Waals surface area contributed by atoms with E-state index in [0.717, 1.165) is 18.4 Å². The Labute approximate surface area is 205 Å². The summed E-state index contributed by atoms with van der Waals surface area (Å²) in [4.78, 5) is 16.7. The predicted octanol–water partition coefficient (Wildman–Crippen LogP) is 5.00. The van der Waals surface area contributed by atoms with Crippen LogP contribution in [-0.2, 0) is 16.0 Å². The van der Waals surface area contributed by atoms with Crippen LogP contribution in [0.1, 0.15) is 15.9 Å². The molecule has 1 aliphatic heterocycles. The van der Waals surface area contributed by atoms with E-state index >= 15 is 0 Å². The summed E-state index contributed by atoms with van der Waals surface area (Å²) in [6.45, 7) is 1.27. The van der Waals surface area contributed by atoms with Crippen molar-refractivity contribution in [3.8, 4) is 11.5 Å². The molecule has 1 aliphatic rings. The molecule has 0 bridgehead atoms. The minimum atomic E-state index is -4.42. The van der Waals surface area contributed by atoms with Crippen LogP contribution in [-0.4, -0.2) is 51.7 Å². The normalized spacial score (nSPS) is 14.6. The topological polar surface area (TPSA) is 66.9 Å². The predicted molar refractivity (Wildman–Crippen MR) is 126 cm³/mol. The van der Waals surface area contributed by atoms with Crippen molar-refractivity contribution in [2.45, 2.75) is 11.1 Å². The highest BCUT2D eigenvalue weighted by Crippen LogP contribution is 2.32. The van der Waals surface area contributed by atoms with E-state index in [2.05, 4.69) is 0 Å². The first-order valence-electron chi connectivity index (χ1n) is 10.9. The van der Waals surface area contributed by atoms with Crippen molar-refractivity contribution < 1.29 is 35.5 Å². The Morgan fingerprint density at radius 3 is 2.06 bits per heavy atom. The van der Waals surface area contributed by atoms with Gasteiger partial charge >= 0.3 is 6.18 Å². The highest BCUT2D eigenvalue weighted by atomic mass is 32.2. The molecule has 1 saturated heterocycles. The Hall–Kier alpha value is -3.60. The zero-order chi connectivity index (χ0) is 26.1. The maximum Gasteiger partial charge on any atom is 0.416 e. The molecule has 36 heavy (non-hydrogen) atoms. The van der Waals surface area contributed by atoms with E-state index < -0.39 is 33.3 Å². The molecule has 3 aromatic rings. The van der Waals surface area contributed by atoms with E-state index in [1.807, 2.05) is 4.90 Å². The molecular formula is C25H22F4N2O4S. The van der Waals surface area contributed by atoms with E-state index in [1.165, 1.54) is 59.5 Å². The van der Waals surface area contributed by atoms with Crippen molar-refractivity contribution in [2.75, 3.05) is 37.3 Å². The molecule has 11 heteroatoms. The Kier molecular flexibility index (Phi) is 6.94. The van der Waals surface area contributed by atoms with Gasteiger partial charge in [-0.3, -0.25) is 4.79 Å². The van der Waals surface area contributed by atoms with Gasteiger partial charge in [0.1, 0.15) is 17.3 Å². The third kappa shape index (κ3) is 5.78. The van der Waals surface area contributed by atoms with E-state index in [-0.39, 0.29) is 35.0 Å². The largest absolute Gasteiger partial charge is 0.457 e. The number of amides is 1. The van der Waals surface area contributed by atoms with Crippen LogP contribution in [0.2, 0.25) is 0 Å². The fourth-order valence-electron chi connectivity index (χ4n) is 3.82. The smallest absolute Gasteiger partial charge is 0.416 e. The van der Waals surface area contributed by atoms with Crippen LogP contribution in [0.4, 0.5) is 23.2 Å². The zero-order valence-electron chi connectivity index (χ0n) is 19.1. The van der Waals surface area contributed by atoms with Gasteiger partial charge in [0, 0.05) is 38.1 Å². The number of carbonyl (C=O) groups excluding carboxylic acids is 1. The maximum absolute atomic E-state index is 13.4. The number of hydrogen-bond donors (Lipinski definition) is 0. The number of carbonyl (C=O) groups is 1. The summed E-state index contributed by atoms with van der Waals surface area (Å²) in [5, 5.41) is 0. The molecule has 0 spiro atoms. The number of piperazine rings is 1. The summed E-state index contributed by atoms with van der Waals surface area (Å²) in [6.07, 6.45) is -3.39. The van der Waals surface area contributed by atoms with Gasteiger partial charge in [0.2, 0.25) is 0 Å². The summed E-state index contributed by atoms with van der Waals surface area (Å²) in [5.74, 6) is -0.532. The first-order valence-corrected chi connectivity index (χ1v) is 12.8. The molecule has 0 unspecified atom stereocenters. The van der Waals surface area contributed by atoms with Crippen LogP contribution in [0.5, 0.6) is 11.5 Å². The average molecular weight is 523 g/mol. The van der Waals surface area contributed by atoms with Gasteiger partial charge in [0.25, 0.3) is 5.91 Å². The van der Waals surface area contributed by atoms with E-state index in [1.54, 1.807) is 0 Å². The van der Waals surface area contributed by atoms with Crippen molar-refractivity contribution in [3.05, 3.63) is 83.7 Å². The van der Waals surface area contributed by atoms with Gasteiger partial charge in [0.15, 0.2) is 9.84 Å². The molecule has 0 radical (unpaired) electrons. The van der Waals surface area contributed by atoms with Gasteiger partial charge in [0.05, 0.1) is 16.0 Å². The number of hydrogen-bond acceptors (Lipinski definition) is 5. The molecule has 0 atom stereocenters. The zero-order valence-corrected chi connectivity index (χ0v) is 19.9. The number of rotatable bonds is 5. The number of anilines is 1. The Morgan fingerprint density at radius 1 is 0.889 bits per heavy atom. The molecule has 190 valence electrons. The number of halogens is 4. The van der Waals surface area contributed by atoms with Crippen molar-refractivity contribution in [2.24, 2.45) is 0 Å². The fourth-order valence-corrected chi connectivity index (χ4v) is 4.47. The molecular weight excluding hydrogens is 500 g/mol. The molecule has 0 N–H and O–H groups in total. The SMILES string of the molecule is CS(=O)(=O)c1ccc(Oc2ccc(F)cc2)c(C(=O)N2CCN(c3ccc(C(F)(F)F)cc3)CC2)c1. The molecule has 0 aromatic heterocycles. The van der Waals surface area contributed by atoms with Crippen LogP contribution in [0.3, 0.4) is 0 Å². The number of alkyl halides is 3. The second-order valence-electron chi connectivity index (χ2n) is 8.31. The number of ether oxygens (including phenoxy) is 1. The molecule has 0 aliphatic carbocycles. The monoisotopic (exact) mass is 522 g/mol.